The minimum atomic E-state index is -0.451. The van der Waals surface area contributed by atoms with Crippen LogP contribution in [0.4, 0.5) is 0 Å². The maximum Gasteiger partial charge on any atom is 0.0991 e. The molecule has 1 aliphatic heterocycles. The predicted molar refractivity (Wildman–Crippen MR) is 66.3 cm³/mol. The van der Waals surface area contributed by atoms with E-state index in [0.29, 0.717) is 12.1 Å². The number of hydrogen-bond acceptors (Lipinski definition) is 3. The Bertz CT molecular complexity index is 407. The minimum absolute atomic E-state index is 0.451. The predicted octanol–water partition coefficient (Wildman–Crippen LogP) is 1.93. The molecule has 3 heteroatoms. The zero-order valence-electron chi connectivity index (χ0n) is 10.1. The fraction of sp³-hybridized carbons (Fsp3) is 0.500. The fourth-order valence-corrected chi connectivity index (χ4v) is 2.32. The highest BCUT2D eigenvalue weighted by Crippen LogP contribution is 2.20. The van der Waals surface area contributed by atoms with Crippen LogP contribution in [0, 0.1) is 17.2 Å². The Morgan fingerprint density at radius 3 is 2.71 bits per heavy atom. The monoisotopic (exact) mass is 230 g/mol. The van der Waals surface area contributed by atoms with E-state index < -0.39 is 6.10 Å². The van der Waals surface area contributed by atoms with Gasteiger partial charge in [-0.15, -0.1) is 0 Å². The molecule has 0 amide bonds. The van der Waals surface area contributed by atoms with Gasteiger partial charge in [0.1, 0.15) is 0 Å². The third-order valence-electron chi connectivity index (χ3n) is 3.36. The Balaban J connectivity index is 1.95. The van der Waals surface area contributed by atoms with Gasteiger partial charge in [0, 0.05) is 13.1 Å². The highest BCUT2D eigenvalue weighted by molar-refractivity contribution is 5.32. The second kappa shape index (κ2) is 5.31. The molecule has 0 saturated carbocycles. The molecule has 0 aromatic heterocycles. The first-order chi connectivity index (χ1) is 8.19. The lowest BCUT2D eigenvalue weighted by atomic mass is 10.1. The van der Waals surface area contributed by atoms with E-state index in [1.165, 1.54) is 6.42 Å². The molecule has 1 aromatic rings. The number of nitrogens with zero attached hydrogens (tertiary/aromatic N) is 2. The standard InChI is InChI=1S/C14H18N2O/c1-11-6-7-16(9-11)10-14(17)13-4-2-12(8-15)3-5-13/h2-5,11,14,17H,6-7,9-10H2,1H3. The van der Waals surface area contributed by atoms with Gasteiger partial charge in [0.2, 0.25) is 0 Å². The first-order valence-electron chi connectivity index (χ1n) is 6.09. The van der Waals surface area contributed by atoms with Crippen molar-refractivity contribution in [3.8, 4) is 6.07 Å². The maximum absolute atomic E-state index is 10.1. The molecule has 2 rings (SSSR count). The number of nitriles is 1. The van der Waals surface area contributed by atoms with Gasteiger partial charge in [-0.3, -0.25) is 0 Å². The van der Waals surface area contributed by atoms with Crippen molar-refractivity contribution in [2.45, 2.75) is 19.4 Å². The molecule has 1 N–H and O–H groups in total. The quantitative estimate of drug-likeness (QED) is 0.863. The molecule has 1 heterocycles. The summed E-state index contributed by atoms with van der Waals surface area (Å²) < 4.78 is 0. The Labute approximate surface area is 102 Å². The van der Waals surface area contributed by atoms with Gasteiger partial charge in [0.25, 0.3) is 0 Å². The molecule has 17 heavy (non-hydrogen) atoms. The van der Waals surface area contributed by atoms with Crippen LogP contribution in [-0.2, 0) is 0 Å². The number of benzene rings is 1. The molecular weight excluding hydrogens is 212 g/mol. The molecule has 2 unspecified atom stereocenters. The summed E-state index contributed by atoms with van der Waals surface area (Å²) in [6.45, 7) is 5.09. The van der Waals surface area contributed by atoms with E-state index in [1.807, 2.05) is 12.1 Å². The van der Waals surface area contributed by atoms with Crippen LogP contribution in [0.25, 0.3) is 0 Å². The van der Waals surface area contributed by atoms with Gasteiger partial charge in [-0.05, 0) is 36.6 Å². The van der Waals surface area contributed by atoms with Crippen LogP contribution in [-0.4, -0.2) is 29.6 Å². The summed E-state index contributed by atoms with van der Waals surface area (Å²) in [4.78, 5) is 2.30. The van der Waals surface area contributed by atoms with Gasteiger partial charge >= 0.3 is 0 Å². The second-order valence-corrected chi connectivity index (χ2v) is 4.90. The van der Waals surface area contributed by atoms with E-state index in [1.54, 1.807) is 12.1 Å². The molecule has 0 bridgehead atoms. The molecule has 0 spiro atoms. The van der Waals surface area contributed by atoms with E-state index in [4.69, 9.17) is 5.26 Å². The molecule has 3 nitrogen and oxygen atoms in total. The lowest BCUT2D eigenvalue weighted by molar-refractivity contribution is 0.124. The lowest BCUT2D eigenvalue weighted by Gasteiger charge is -2.20. The van der Waals surface area contributed by atoms with Gasteiger partial charge < -0.3 is 10.0 Å². The van der Waals surface area contributed by atoms with Gasteiger partial charge in [-0.25, -0.2) is 0 Å². The lowest BCUT2D eigenvalue weighted by Crippen LogP contribution is -2.26. The Morgan fingerprint density at radius 1 is 1.47 bits per heavy atom. The smallest absolute Gasteiger partial charge is 0.0991 e. The highest BCUT2D eigenvalue weighted by atomic mass is 16.3. The summed E-state index contributed by atoms with van der Waals surface area (Å²) in [6.07, 6.45) is 0.771. The summed E-state index contributed by atoms with van der Waals surface area (Å²) in [5, 5.41) is 18.8. The maximum atomic E-state index is 10.1. The molecule has 0 aliphatic carbocycles. The second-order valence-electron chi connectivity index (χ2n) is 4.90. The third-order valence-corrected chi connectivity index (χ3v) is 3.36. The minimum Gasteiger partial charge on any atom is -0.387 e. The van der Waals surface area contributed by atoms with Crippen LogP contribution in [0.15, 0.2) is 24.3 Å². The molecule has 1 fully saturated rings. The van der Waals surface area contributed by atoms with Crippen molar-refractivity contribution in [1.29, 1.82) is 5.26 Å². The normalized spacial score (nSPS) is 22.3. The first-order valence-corrected chi connectivity index (χ1v) is 6.09. The van der Waals surface area contributed by atoms with Crippen molar-refractivity contribution in [3.63, 3.8) is 0 Å². The van der Waals surface area contributed by atoms with Crippen molar-refractivity contribution in [2.24, 2.45) is 5.92 Å². The molecule has 1 saturated heterocycles. The number of hydrogen-bond donors (Lipinski definition) is 1. The van der Waals surface area contributed by atoms with E-state index in [2.05, 4.69) is 17.9 Å². The van der Waals surface area contributed by atoms with E-state index in [9.17, 15) is 5.11 Å². The van der Waals surface area contributed by atoms with Gasteiger partial charge in [-0.2, -0.15) is 5.26 Å². The number of aliphatic hydroxyl groups is 1. The van der Waals surface area contributed by atoms with Crippen LogP contribution < -0.4 is 0 Å². The Morgan fingerprint density at radius 2 is 2.18 bits per heavy atom. The fourth-order valence-electron chi connectivity index (χ4n) is 2.32. The summed E-state index contributed by atoms with van der Waals surface area (Å²) in [6, 6.07) is 9.26. The summed E-state index contributed by atoms with van der Waals surface area (Å²) in [7, 11) is 0. The zero-order valence-corrected chi connectivity index (χ0v) is 10.1. The van der Waals surface area contributed by atoms with Crippen LogP contribution in [0.2, 0.25) is 0 Å². The van der Waals surface area contributed by atoms with Crippen molar-refractivity contribution >= 4 is 0 Å². The SMILES string of the molecule is CC1CCN(CC(O)c2ccc(C#N)cc2)C1. The zero-order chi connectivity index (χ0) is 12.3. The highest BCUT2D eigenvalue weighted by Gasteiger charge is 2.21. The van der Waals surface area contributed by atoms with Crippen LogP contribution >= 0.6 is 0 Å². The number of aliphatic hydroxyl groups excluding tert-OH is 1. The molecule has 2 atom stereocenters. The molecule has 0 radical (unpaired) electrons. The summed E-state index contributed by atoms with van der Waals surface area (Å²) >= 11 is 0. The summed E-state index contributed by atoms with van der Waals surface area (Å²) in [5.74, 6) is 0.739. The molecule has 90 valence electrons. The molecular formula is C14H18N2O. The largest absolute Gasteiger partial charge is 0.387 e. The van der Waals surface area contributed by atoms with Crippen molar-refractivity contribution < 1.29 is 5.11 Å². The number of likely N-dealkylation sites (tertiary alicyclic amines) is 1. The van der Waals surface area contributed by atoms with Crippen molar-refractivity contribution in [3.05, 3.63) is 35.4 Å². The average molecular weight is 230 g/mol. The molecule has 1 aromatic carbocycles. The van der Waals surface area contributed by atoms with Crippen molar-refractivity contribution in [2.75, 3.05) is 19.6 Å². The number of rotatable bonds is 3. The van der Waals surface area contributed by atoms with Crippen molar-refractivity contribution in [1.82, 2.24) is 4.90 Å². The molecule has 1 aliphatic rings. The summed E-state index contributed by atoms with van der Waals surface area (Å²) in [5.41, 5.74) is 1.53. The van der Waals surface area contributed by atoms with Crippen LogP contribution in [0.1, 0.15) is 30.6 Å². The third kappa shape index (κ3) is 3.06. The van der Waals surface area contributed by atoms with Crippen LogP contribution in [0.3, 0.4) is 0 Å². The Hall–Kier alpha value is -1.37. The first kappa shape index (κ1) is 12.1. The van der Waals surface area contributed by atoms with Gasteiger partial charge in [0.05, 0.1) is 17.7 Å². The topological polar surface area (TPSA) is 47.3 Å². The van der Waals surface area contributed by atoms with E-state index in [-0.39, 0.29) is 0 Å². The van der Waals surface area contributed by atoms with Gasteiger partial charge in [-0.1, -0.05) is 19.1 Å². The van der Waals surface area contributed by atoms with E-state index >= 15 is 0 Å². The Kier molecular flexibility index (Phi) is 3.78. The number of β-amino-alcohol motifs (C(OH)–C–C–N with tert-alkyl or cyclic N) is 1. The van der Waals surface area contributed by atoms with Crippen LogP contribution in [0.5, 0.6) is 0 Å². The average Bonchev–Trinajstić information content (AvgIpc) is 2.75. The van der Waals surface area contributed by atoms with E-state index in [0.717, 1.165) is 24.6 Å². The van der Waals surface area contributed by atoms with Gasteiger partial charge in [0.15, 0.2) is 0 Å².